The maximum atomic E-state index is 12.1. The molecule has 26 heavy (non-hydrogen) atoms. The molecule has 2 N–H and O–H groups in total. The van der Waals surface area contributed by atoms with Gasteiger partial charge >= 0.3 is 0 Å². The van der Waals surface area contributed by atoms with Gasteiger partial charge in [0.15, 0.2) is 5.96 Å². The van der Waals surface area contributed by atoms with Crippen LogP contribution in [0.25, 0.3) is 0 Å². The molecule has 7 heteroatoms. The fraction of sp³-hybridized carbons (Fsp3) is 0.579. The van der Waals surface area contributed by atoms with Crippen molar-refractivity contribution in [2.45, 2.75) is 33.2 Å². The van der Waals surface area contributed by atoms with Crippen molar-refractivity contribution in [2.24, 2.45) is 10.9 Å². The first-order valence-electron chi connectivity index (χ1n) is 9.21. The van der Waals surface area contributed by atoms with E-state index in [1.165, 1.54) is 0 Å². The van der Waals surface area contributed by atoms with Gasteiger partial charge in [0.1, 0.15) is 12.4 Å². The van der Waals surface area contributed by atoms with E-state index in [0.29, 0.717) is 18.2 Å². The molecule has 0 bridgehead atoms. The molecule has 2 rings (SSSR count). The number of guanidine groups is 1. The van der Waals surface area contributed by atoms with Crippen LogP contribution in [-0.2, 0) is 4.79 Å². The Kier molecular flexibility index (Phi) is 8.04. The third kappa shape index (κ3) is 6.41. The molecule has 1 aromatic rings. The Hall–Kier alpha value is -1.95. The van der Waals surface area contributed by atoms with E-state index in [0.717, 1.165) is 37.8 Å². The van der Waals surface area contributed by atoms with Crippen molar-refractivity contribution >= 4 is 23.5 Å². The largest absolute Gasteiger partial charge is 0.492 e. The van der Waals surface area contributed by atoms with Crippen molar-refractivity contribution in [1.82, 2.24) is 15.5 Å². The summed E-state index contributed by atoms with van der Waals surface area (Å²) in [6.07, 6.45) is 0.935. The lowest BCUT2D eigenvalue weighted by atomic mass is 10.2. The predicted octanol–water partition coefficient (Wildman–Crippen LogP) is 2.53. The smallest absolute Gasteiger partial charge is 0.225 e. The second-order valence-electron chi connectivity index (χ2n) is 6.63. The summed E-state index contributed by atoms with van der Waals surface area (Å²) in [5, 5.41) is 7.35. The zero-order chi connectivity index (χ0) is 18.9. The molecule has 0 spiro atoms. The molecule has 1 saturated heterocycles. The molecule has 1 aromatic carbocycles. The fourth-order valence-electron chi connectivity index (χ4n) is 2.81. The quantitative estimate of drug-likeness (QED) is 0.433. The molecule has 1 heterocycles. The Morgan fingerprint density at radius 3 is 2.77 bits per heavy atom. The molecule has 1 aliphatic heterocycles. The van der Waals surface area contributed by atoms with Gasteiger partial charge in [-0.25, -0.2) is 4.99 Å². The lowest BCUT2D eigenvalue weighted by Crippen LogP contribution is -2.45. The highest BCUT2D eigenvalue weighted by atomic mass is 35.5. The number of halogens is 1. The van der Waals surface area contributed by atoms with E-state index in [1.807, 2.05) is 37.8 Å². The molecule has 0 aliphatic carbocycles. The molecule has 1 atom stereocenters. The molecule has 144 valence electrons. The van der Waals surface area contributed by atoms with E-state index in [1.54, 1.807) is 12.1 Å². The lowest BCUT2D eigenvalue weighted by Gasteiger charge is -2.20. The number of ether oxygens (including phenoxy) is 1. The van der Waals surface area contributed by atoms with Gasteiger partial charge in [-0.15, -0.1) is 0 Å². The van der Waals surface area contributed by atoms with E-state index in [9.17, 15) is 4.79 Å². The number of benzene rings is 1. The summed E-state index contributed by atoms with van der Waals surface area (Å²) in [7, 11) is 0. The first-order chi connectivity index (χ1) is 12.5. The topological polar surface area (TPSA) is 66.0 Å². The van der Waals surface area contributed by atoms with Crippen LogP contribution in [0.15, 0.2) is 29.3 Å². The first-order valence-corrected chi connectivity index (χ1v) is 9.59. The minimum Gasteiger partial charge on any atom is -0.492 e. The molecule has 0 radical (unpaired) electrons. The van der Waals surface area contributed by atoms with E-state index in [2.05, 4.69) is 15.6 Å². The number of hydrogen-bond acceptors (Lipinski definition) is 3. The summed E-state index contributed by atoms with van der Waals surface area (Å²) >= 11 is 5.86. The zero-order valence-corrected chi connectivity index (χ0v) is 16.6. The molecule has 6 nitrogen and oxygen atoms in total. The molecule has 1 amide bonds. The molecule has 1 fully saturated rings. The average Bonchev–Trinajstić information content (AvgIpc) is 3.08. The summed E-state index contributed by atoms with van der Waals surface area (Å²) in [6, 6.07) is 7.52. The Morgan fingerprint density at radius 2 is 2.12 bits per heavy atom. The van der Waals surface area contributed by atoms with Crippen molar-refractivity contribution in [3.05, 3.63) is 29.3 Å². The summed E-state index contributed by atoms with van der Waals surface area (Å²) in [5.41, 5.74) is 0. The zero-order valence-electron chi connectivity index (χ0n) is 15.8. The molecule has 1 aliphatic rings. The van der Waals surface area contributed by atoms with E-state index in [-0.39, 0.29) is 17.9 Å². The van der Waals surface area contributed by atoms with Gasteiger partial charge in [0.05, 0.1) is 6.54 Å². The number of amides is 1. The van der Waals surface area contributed by atoms with Crippen molar-refractivity contribution in [3.63, 3.8) is 0 Å². The molecule has 1 unspecified atom stereocenters. The highest BCUT2D eigenvalue weighted by Crippen LogP contribution is 2.15. The third-order valence-corrected chi connectivity index (χ3v) is 4.37. The number of rotatable bonds is 7. The van der Waals surface area contributed by atoms with Crippen LogP contribution < -0.4 is 15.4 Å². The fourth-order valence-corrected chi connectivity index (χ4v) is 2.93. The Morgan fingerprint density at radius 1 is 1.38 bits per heavy atom. The van der Waals surface area contributed by atoms with Gasteiger partial charge in [0.25, 0.3) is 0 Å². The monoisotopic (exact) mass is 380 g/mol. The maximum Gasteiger partial charge on any atom is 0.225 e. The number of nitrogens with zero attached hydrogens (tertiary/aromatic N) is 2. The second kappa shape index (κ2) is 10.3. The number of aliphatic imine (C=N–C) groups is 1. The molecule has 0 saturated carbocycles. The highest BCUT2D eigenvalue weighted by molar-refractivity contribution is 6.30. The summed E-state index contributed by atoms with van der Waals surface area (Å²) in [6.45, 7) is 9.25. The molecular formula is C19H29ClN4O2. The molecule has 0 aromatic heterocycles. The average molecular weight is 381 g/mol. The van der Waals surface area contributed by atoms with Crippen LogP contribution in [0.1, 0.15) is 27.2 Å². The van der Waals surface area contributed by atoms with Crippen molar-refractivity contribution in [1.29, 1.82) is 0 Å². The number of hydrogen-bond donors (Lipinski definition) is 2. The second-order valence-corrected chi connectivity index (χ2v) is 7.07. The minimum atomic E-state index is 0.0423. The van der Waals surface area contributed by atoms with Crippen LogP contribution in [0.3, 0.4) is 0 Å². The van der Waals surface area contributed by atoms with Crippen LogP contribution in [-0.4, -0.2) is 55.6 Å². The van der Waals surface area contributed by atoms with Gasteiger partial charge in [-0.2, -0.15) is 0 Å². The van der Waals surface area contributed by atoms with Gasteiger partial charge in [0.2, 0.25) is 5.91 Å². The Bertz CT molecular complexity index is 604. The molecular weight excluding hydrogens is 352 g/mol. The first kappa shape index (κ1) is 20.4. The van der Waals surface area contributed by atoms with E-state index < -0.39 is 0 Å². The van der Waals surface area contributed by atoms with Gasteiger partial charge in [-0.3, -0.25) is 4.79 Å². The Labute approximate surface area is 161 Å². The number of carbonyl (C=O) groups excluding carboxylic acids is 1. The van der Waals surface area contributed by atoms with Gasteiger partial charge in [-0.1, -0.05) is 25.4 Å². The van der Waals surface area contributed by atoms with Crippen LogP contribution in [0.2, 0.25) is 5.02 Å². The summed E-state index contributed by atoms with van der Waals surface area (Å²) in [5.74, 6) is 1.80. The van der Waals surface area contributed by atoms with Crippen LogP contribution in [0.4, 0.5) is 0 Å². The van der Waals surface area contributed by atoms with E-state index in [4.69, 9.17) is 16.3 Å². The third-order valence-electron chi connectivity index (χ3n) is 4.12. The van der Waals surface area contributed by atoms with Gasteiger partial charge in [0, 0.05) is 36.6 Å². The predicted molar refractivity (Wildman–Crippen MR) is 106 cm³/mol. The van der Waals surface area contributed by atoms with E-state index >= 15 is 0 Å². The summed E-state index contributed by atoms with van der Waals surface area (Å²) in [4.78, 5) is 18.6. The van der Waals surface area contributed by atoms with Crippen molar-refractivity contribution in [3.8, 4) is 5.75 Å². The Balaban J connectivity index is 1.79. The van der Waals surface area contributed by atoms with Gasteiger partial charge < -0.3 is 20.3 Å². The standard InChI is InChI=1S/C19H29ClN4O2/c1-4-21-19(22-10-12-26-17-7-5-15(20)6-8-17)23-16-9-11-24(13-16)18(25)14(2)3/h5-8,14,16H,4,9-13H2,1-3H3,(H2,21,22,23). The minimum absolute atomic E-state index is 0.0423. The SMILES string of the molecule is CCNC(=NCCOc1ccc(Cl)cc1)NC1CCN(C(=O)C(C)C)C1. The van der Waals surface area contributed by atoms with Crippen LogP contribution >= 0.6 is 11.6 Å². The maximum absolute atomic E-state index is 12.1. The number of likely N-dealkylation sites (tertiary alicyclic amines) is 1. The van der Waals surface area contributed by atoms with Crippen LogP contribution in [0.5, 0.6) is 5.75 Å². The normalized spacial score (nSPS) is 17.5. The lowest BCUT2D eigenvalue weighted by molar-refractivity contribution is -0.133. The van der Waals surface area contributed by atoms with Gasteiger partial charge in [-0.05, 0) is 37.6 Å². The number of nitrogens with one attached hydrogen (secondary N) is 2. The number of carbonyl (C=O) groups is 1. The van der Waals surface area contributed by atoms with Crippen molar-refractivity contribution in [2.75, 3.05) is 32.8 Å². The van der Waals surface area contributed by atoms with Crippen molar-refractivity contribution < 1.29 is 9.53 Å². The van der Waals surface area contributed by atoms with Crippen LogP contribution in [0, 0.1) is 5.92 Å². The highest BCUT2D eigenvalue weighted by Gasteiger charge is 2.27. The summed E-state index contributed by atoms with van der Waals surface area (Å²) < 4.78 is 5.66.